The number of fused-ring (bicyclic) bond motifs is 1. The van der Waals surface area contributed by atoms with Crippen LogP contribution in [0.4, 0.5) is 8.78 Å². The lowest BCUT2D eigenvalue weighted by Gasteiger charge is -2.14. The maximum Gasteiger partial charge on any atom is 0.328 e. The summed E-state index contributed by atoms with van der Waals surface area (Å²) in [6.07, 6.45) is 4.55. The van der Waals surface area contributed by atoms with E-state index in [0.29, 0.717) is 17.3 Å². The van der Waals surface area contributed by atoms with Gasteiger partial charge in [-0.2, -0.15) is 0 Å². The van der Waals surface area contributed by atoms with Crippen LogP contribution in [0.5, 0.6) is 5.75 Å². The largest absolute Gasteiger partial charge is 0.488 e. The Kier molecular flexibility index (Phi) is 6.23. The van der Waals surface area contributed by atoms with E-state index in [1.54, 1.807) is 24.3 Å². The Morgan fingerprint density at radius 3 is 2.69 bits per heavy atom. The molecule has 0 aliphatic heterocycles. The van der Waals surface area contributed by atoms with E-state index < -0.39 is 17.6 Å². The summed E-state index contributed by atoms with van der Waals surface area (Å²) >= 11 is 6.20. The van der Waals surface area contributed by atoms with Crippen molar-refractivity contribution in [1.82, 2.24) is 4.57 Å². The van der Waals surface area contributed by atoms with Crippen LogP contribution in [0.3, 0.4) is 0 Å². The van der Waals surface area contributed by atoms with Gasteiger partial charge in [-0.05, 0) is 54.1 Å². The molecule has 1 heterocycles. The van der Waals surface area contributed by atoms with Crippen LogP contribution in [-0.2, 0) is 17.9 Å². The van der Waals surface area contributed by atoms with Crippen molar-refractivity contribution in [1.29, 1.82) is 0 Å². The molecule has 0 saturated heterocycles. The van der Waals surface area contributed by atoms with Crippen LogP contribution in [-0.4, -0.2) is 15.6 Å². The summed E-state index contributed by atoms with van der Waals surface area (Å²) in [5.74, 6) is -1.80. The molecule has 0 atom stereocenters. The highest BCUT2D eigenvalue weighted by Gasteiger charge is 2.11. The maximum absolute atomic E-state index is 14.0. The van der Waals surface area contributed by atoms with E-state index in [1.807, 2.05) is 35.0 Å². The number of benzene rings is 3. The standard InChI is InChI=1S/C25H18ClF2NO3/c26-19-6-8-24(32-15-17-4-7-20(27)13-22(17)28)18(12-19)14-29-11-10-21-16(5-9-25(30)31)2-1-3-23(21)29/h1-13H,14-15H2,(H,30,31). The first-order chi connectivity index (χ1) is 15.4. The van der Waals surface area contributed by atoms with Gasteiger partial charge in [-0.15, -0.1) is 0 Å². The summed E-state index contributed by atoms with van der Waals surface area (Å²) in [5, 5.41) is 10.3. The van der Waals surface area contributed by atoms with Gasteiger partial charge in [-0.3, -0.25) is 0 Å². The van der Waals surface area contributed by atoms with Crippen LogP contribution >= 0.6 is 11.6 Å². The first kappa shape index (κ1) is 21.6. The number of carbonyl (C=O) groups is 1. The van der Waals surface area contributed by atoms with Crippen molar-refractivity contribution in [3.63, 3.8) is 0 Å². The van der Waals surface area contributed by atoms with Crippen molar-refractivity contribution in [2.24, 2.45) is 0 Å². The molecular weight excluding hydrogens is 436 g/mol. The third-order valence-corrected chi connectivity index (χ3v) is 5.25. The minimum atomic E-state index is -1.01. The van der Waals surface area contributed by atoms with Crippen LogP contribution in [0.25, 0.3) is 17.0 Å². The molecule has 0 radical (unpaired) electrons. The van der Waals surface area contributed by atoms with E-state index >= 15 is 0 Å². The summed E-state index contributed by atoms with van der Waals surface area (Å²) < 4.78 is 34.9. The fourth-order valence-electron chi connectivity index (χ4n) is 3.48. The van der Waals surface area contributed by atoms with Crippen molar-refractivity contribution < 1.29 is 23.4 Å². The van der Waals surface area contributed by atoms with Crippen LogP contribution in [0.15, 0.2) is 72.9 Å². The zero-order valence-electron chi connectivity index (χ0n) is 16.8. The average Bonchev–Trinajstić information content (AvgIpc) is 3.16. The molecule has 32 heavy (non-hydrogen) atoms. The zero-order valence-corrected chi connectivity index (χ0v) is 17.5. The number of hydrogen-bond acceptors (Lipinski definition) is 2. The first-order valence-corrected chi connectivity index (χ1v) is 10.1. The predicted molar refractivity (Wildman–Crippen MR) is 120 cm³/mol. The molecule has 4 rings (SSSR count). The van der Waals surface area contributed by atoms with Crippen LogP contribution in [0.2, 0.25) is 5.02 Å². The SMILES string of the molecule is O=C(O)C=Cc1cccc2c1ccn2Cc1cc(Cl)ccc1OCc1ccc(F)cc1F. The van der Waals surface area contributed by atoms with Crippen LogP contribution < -0.4 is 4.74 Å². The minimum absolute atomic E-state index is 0.0582. The molecule has 1 aromatic heterocycles. The Bertz CT molecular complexity index is 1330. The molecule has 4 aromatic rings. The van der Waals surface area contributed by atoms with E-state index in [-0.39, 0.29) is 12.2 Å². The molecule has 7 heteroatoms. The molecule has 0 saturated carbocycles. The van der Waals surface area contributed by atoms with Crippen LogP contribution in [0.1, 0.15) is 16.7 Å². The first-order valence-electron chi connectivity index (χ1n) is 9.75. The highest BCUT2D eigenvalue weighted by Crippen LogP contribution is 2.28. The Morgan fingerprint density at radius 1 is 1.06 bits per heavy atom. The lowest BCUT2D eigenvalue weighted by molar-refractivity contribution is -0.131. The van der Waals surface area contributed by atoms with Gasteiger partial charge in [0.15, 0.2) is 0 Å². The number of nitrogens with zero attached hydrogens (tertiary/aromatic N) is 1. The smallest absolute Gasteiger partial charge is 0.328 e. The number of aromatic nitrogens is 1. The van der Waals surface area contributed by atoms with Crippen LogP contribution in [0, 0.1) is 11.6 Å². The third kappa shape index (κ3) is 4.81. The number of halogens is 3. The molecule has 0 bridgehead atoms. The van der Waals surface area contributed by atoms with Crippen molar-refractivity contribution in [3.8, 4) is 5.75 Å². The van der Waals surface area contributed by atoms with E-state index in [2.05, 4.69) is 0 Å². The summed E-state index contributed by atoms with van der Waals surface area (Å²) in [6.45, 7) is 0.370. The molecule has 4 nitrogen and oxygen atoms in total. The van der Waals surface area contributed by atoms with Crippen molar-refractivity contribution in [2.75, 3.05) is 0 Å². The number of carboxylic acids is 1. The van der Waals surface area contributed by atoms with E-state index in [1.165, 1.54) is 12.1 Å². The number of carboxylic acid groups (broad SMARTS) is 1. The van der Waals surface area contributed by atoms with E-state index in [9.17, 15) is 13.6 Å². The monoisotopic (exact) mass is 453 g/mol. The van der Waals surface area contributed by atoms with E-state index in [4.69, 9.17) is 21.4 Å². The second kappa shape index (κ2) is 9.24. The quantitative estimate of drug-likeness (QED) is 0.334. The van der Waals surface area contributed by atoms with Gasteiger partial charge >= 0.3 is 5.97 Å². The van der Waals surface area contributed by atoms with E-state index in [0.717, 1.165) is 34.2 Å². The Balaban J connectivity index is 1.62. The number of aliphatic carboxylic acids is 1. The van der Waals surface area contributed by atoms with Crippen molar-refractivity contribution in [3.05, 3.63) is 106 Å². The van der Waals surface area contributed by atoms with Gasteiger partial charge in [0, 0.05) is 45.4 Å². The fourth-order valence-corrected chi connectivity index (χ4v) is 3.68. The van der Waals surface area contributed by atoms with Gasteiger partial charge in [0.25, 0.3) is 0 Å². The number of ether oxygens (including phenoxy) is 1. The van der Waals surface area contributed by atoms with Gasteiger partial charge in [-0.25, -0.2) is 13.6 Å². The summed E-state index contributed by atoms with van der Waals surface area (Å²) in [7, 11) is 0. The molecule has 0 fully saturated rings. The summed E-state index contributed by atoms with van der Waals surface area (Å²) in [5.41, 5.74) is 2.73. The van der Waals surface area contributed by atoms with Gasteiger partial charge in [0.2, 0.25) is 0 Å². The third-order valence-electron chi connectivity index (χ3n) is 5.01. The summed E-state index contributed by atoms with van der Waals surface area (Å²) in [6, 6.07) is 16.1. The van der Waals surface area contributed by atoms with Gasteiger partial charge < -0.3 is 14.4 Å². The molecule has 0 unspecified atom stereocenters. The Labute approximate surface area is 187 Å². The van der Waals surface area contributed by atoms with Crippen molar-refractivity contribution in [2.45, 2.75) is 13.2 Å². The number of hydrogen-bond donors (Lipinski definition) is 1. The van der Waals surface area contributed by atoms with Gasteiger partial charge in [0.05, 0.1) is 6.54 Å². The molecule has 0 amide bonds. The lowest BCUT2D eigenvalue weighted by Crippen LogP contribution is -2.04. The summed E-state index contributed by atoms with van der Waals surface area (Å²) in [4.78, 5) is 10.9. The Hall–Kier alpha value is -3.64. The molecule has 0 aliphatic rings. The highest BCUT2D eigenvalue weighted by molar-refractivity contribution is 6.30. The van der Waals surface area contributed by atoms with Gasteiger partial charge in [0.1, 0.15) is 24.0 Å². The molecule has 0 aliphatic carbocycles. The predicted octanol–water partition coefficient (Wildman–Crippen LogP) is 6.30. The maximum atomic E-state index is 14.0. The average molecular weight is 454 g/mol. The number of rotatable bonds is 7. The lowest BCUT2D eigenvalue weighted by atomic mass is 10.1. The molecule has 0 spiro atoms. The molecule has 1 N–H and O–H groups in total. The topological polar surface area (TPSA) is 51.5 Å². The fraction of sp³-hybridized carbons (Fsp3) is 0.0800. The van der Waals surface area contributed by atoms with Crippen molar-refractivity contribution >= 4 is 34.5 Å². The molecule has 3 aromatic carbocycles. The minimum Gasteiger partial charge on any atom is -0.488 e. The second-order valence-electron chi connectivity index (χ2n) is 7.17. The highest BCUT2D eigenvalue weighted by atomic mass is 35.5. The second-order valence-corrected chi connectivity index (χ2v) is 7.61. The normalized spacial score (nSPS) is 11.3. The van der Waals surface area contributed by atoms with Gasteiger partial charge in [-0.1, -0.05) is 23.7 Å². The molecule has 162 valence electrons. The Morgan fingerprint density at radius 2 is 1.91 bits per heavy atom. The molecular formula is C25H18ClF2NO3. The zero-order chi connectivity index (χ0) is 22.7.